The fraction of sp³-hybridized carbons (Fsp3) is 0.111. The number of hydrogen-bond donors (Lipinski definition) is 1. The summed E-state index contributed by atoms with van der Waals surface area (Å²) in [5, 5.41) is 6.20. The Kier molecular flexibility index (Phi) is 5.81. The number of nitrogens with zero attached hydrogens (tertiary/aromatic N) is 1. The van der Waals surface area contributed by atoms with Gasteiger partial charge >= 0.3 is 6.61 Å². The number of halogens is 5. The molecule has 1 heterocycles. The average Bonchev–Trinajstić information content (AvgIpc) is 2.98. The van der Waals surface area contributed by atoms with Crippen molar-refractivity contribution in [2.24, 2.45) is 0 Å². The van der Waals surface area contributed by atoms with Crippen LogP contribution >= 0.6 is 23.2 Å². The Morgan fingerprint density at radius 3 is 2.61 bits per heavy atom. The van der Waals surface area contributed by atoms with E-state index >= 15 is 0 Å². The smallest absolute Gasteiger partial charge is 0.387 e. The number of aromatic nitrogens is 1. The minimum Gasteiger partial charge on any atom is -0.433 e. The highest BCUT2D eigenvalue weighted by atomic mass is 35.5. The zero-order valence-electron chi connectivity index (χ0n) is 14.1. The molecule has 0 bridgehead atoms. The third kappa shape index (κ3) is 4.07. The number of anilines is 1. The fourth-order valence-corrected chi connectivity index (χ4v) is 2.98. The van der Waals surface area contributed by atoms with Crippen LogP contribution < -0.4 is 10.1 Å². The summed E-state index contributed by atoms with van der Waals surface area (Å²) in [6, 6.07) is 7.77. The number of alkyl halides is 2. The predicted molar refractivity (Wildman–Crippen MR) is 97.7 cm³/mol. The summed E-state index contributed by atoms with van der Waals surface area (Å²) in [7, 11) is 0. The van der Waals surface area contributed by atoms with Crippen LogP contribution in [-0.2, 0) is 0 Å². The Bertz CT molecular complexity index is 1020. The van der Waals surface area contributed by atoms with E-state index in [9.17, 15) is 18.0 Å². The van der Waals surface area contributed by atoms with Crippen LogP contribution in [0, 0.1) is 12.7 Å². The first-order valence-electron chi connectivity index (χ1n) is 7.74. The molecule has 0 aliphatic carbocycles. The van der Waals surface area contributed by atoms with Gasteiger partial charge in [-0.15, -0.1) is 0 Å². The average molecular weight is 431 g/mol. The molecule has 1 aromatic heterocycles. The maximum absolute atomic E-state index is 14.2. The summed E-state index contributed by atoms with van der Waals surface area (Å²) in [5.41, 5.74) is 0.0190. The van der Waals surface area contributed by atoms with E-state index < -0.39 is 18.3 Å². The van der Waals surface area contributed by atoms with Gasteiger partial charge in [-0.1, -0.05) is 34.4 Å². The lowest BCUT2D eigenvalue weighted by Gasteiger charge is -2.10. The second kappa shape index (κ2) is 8.12. The van der Waals surface area contributed by atoms with Gasteiger partial charge in [-0.05, 0) is 37.3 Å². The van der Waals surface area contributed by atoms with E-state index in [-0.39, 0.29) is 44.1 Å². The molecule has 146 valence electrons. The quantitative estimate of drug-likeness (QED) is 0.543. The number of ether oxygens (including phenoxy) is 1. The second-order valence-electron chi connectivity index (χ2n) is 5.54. The number of carbonyl (C=O) groups excluding carboxylic acids is 1. The number of amides is 1. The van der Waals surface area contributed by atoms with E-state index in [0.29, 0.717) is 0 Å². The normalized spacial score (nSPS) is 11.0. The van der Waals surface area contributed by atoms with Gasteiger partial charge in [0.15, 0.2) is 0 Å². The molecule has 3 rings (SSSR count). The molecule has 3 aromatic rings. The molecule has 0 unspecified atom stereocenters. The van der Waals surface area contributed by atoms with Crippen LogP contribution in [0.3, 0.4) is 0 Å². The molecule has 0 saturated heterocycles. The van der Waals surface area contributed by atoms with Crippen LogP contribution in [0.2, 0.25) is 10.0 Å². The van der Waals surface area contributed by atoms with Gasteiger partial charge in [0.05, 0.1) is 15.6 Å². The SMILES string of the molecule is Cc1onc(-c2c(F)cccc2Cl)c1C(=O)Nc1ccc(OC(F)F)c(Cl)c1. The highest BCUT2D eigenvalue weighted by Gasteiger charge is 2.25. The van der Waals surface area contributed by atoms with Crippen molar-refractivity contribution in [2.75, 3.05) is 5.32 Å². The standard InChI is InChI=1S/C18H11Cl2F3N2O3/c1-8-14(16(25-28-8)15-10(19)3-2-4-12(15)21)17(26)24-9-5-6-13(11(20)7-9)27-18(22)23/h2-7,18H,1H3,(H,24,26). The topological polar surface area (TPSA) is 64.4 Å². The molecule has 28 heavy (non-hydrogen) atoms. The number of nitrogens with one attached hydrogen (secondary N) is 1. The first-order valence-corrected chi connectivity index (χ1v) is 8.50. The van der Waals surface area contributed by atoms with E-state index in [4.69, 9.17) is 27.7 Å². The molecule has 10 heteroatoms. The number of hydrogen-bond acceptors (Lipinski definition) is 4. The predicted octanol–water partition coefficient (Wildman–Crippen LogP) is 5.95. The lowest BCUT2D eigenvalue weighted by atomic mass is 10.0. The molecule has 0 spiro atoms. The van der Waals surface area contributed by atoms with Crippen LogP contribution in [0.25, 0.3) is 11.3 Å². The van der Waals surface area contributed by atoms with Crippen LogP contribution in [0.1, 0.15) is 16.1 Å². The van der Waals surface area contributed by atoms with Gasteiger partial charge in [0.25, 0.3) is 5.91 Å². The minimum absolute atomic E-state index is 0.0315. The van der Waals surface area contributed by atoms with E-state index in [1.807, 2.05) is 0 Å². The molecule has 1 N–H and O–H groups in total. The highest BCUT2D eigenvalue weighted by Crippen LogP contribution is 2.34. The van der Waals surface area contributed by atoms with Crippen molar-refractivity contribution in [3.05, 3.63) is 63.6 Å². The summed E-state index contributed by atoms with van der Waals surface area (Å²) in [6.07, 6.45) is 0. The number of aryl methyl sites for hydroxylation is 1. The van der Waals surface area contributed by atoms with Crippen LogP contribution in [0.15, 0.2) is 40.9 Å². The first-order chi connectivity index (χ1) is 13.3. The zero-order chi connectivity index (χ0) is 20.4. The summed E-state index contributed by atoms with van der Waals surface area (Å²) in [4.78, 5) is 12.7. The van der Waals surface area contributed by atoms with Crippen LogP contribution in [-0.4, -0.2) is 17.7 Å². The fourth-order valence-electron chi connectivity index (χ4n) is 2.50. The molecule has 5 nitrogen and oxygen atoms in total. The summed E-state index contributed by atoms with van der Waals surface area (Å²) < 4.78 is 48.1. The first kappa shape index (κ1) is 20.0. The molecule has 2 aromatic carbocycles. The summed E-state index contributed by atoms with van der Waals surface area (Å²) in [5.74, 6) is -1.46. The van der Waals surface area contributed by atoms with Crippen molar-refractivity contribution in [1.82, 2.24) is 5.16 Å². The zero-order valence-corrected chi connectivity index (χ0v) is 15.6. The summed E-state index contributed by atoms with van der Waals surface area (Å²) in [6.45, 7) is -1.56. The van der Waals surface area contributed by atoms with Crippen molar-refractivity contribution >= 4 is 34.8 Å². The lowest BCUT2D eigenvalue weighted by molar-refractivity contribution is -0.0497. The van der Waals surface area contributed by atoms with Gasteiger partial charge < -0.3 is 14.6 Å². The highest BCUT2D eigenvalue weighted by molar-refractivity contribution is 6.33. The molecule has 1 amide bonds. The van der Waals surface area contributed by atoms with Crippen molar-refractivity contribution in [3.63, 3.8) is 0 Å². The Hall–Kier alpha value is -2.71. The lowest BCUT2D eigenvalue weighted by Crippen LogP contribution is -2.14. The van der Waals surface area contributed by atoms with Gasteiger partial charge in [-0.25, -0.2) is 4.39 Å². The minimum atomic E-state index is -3.04. The van der Waals surface area contributed by atoms with Crippen molar-refractivity contribution < 1.29 is 27.2 Å². The van der Waals surface area contributed by atoms with E-state index in [2.05, 4.69) is 15.2 Å². The Morgan fingerprint density at radius 1 is 1.21 bits per heavy atom. The third-order valence-electron chi connectivity index (χ3n) is 3.70. The molecule has 0 fully saturated rings. The van der Waals surface area contributed by atoms with Gasteiger partial charge in [0.1, 0.15) is 28.6 Å². The van der Waals surface area contributed by atoms with E-state index in [0.717, 1.165) is 0 Å². The molecule has 0 aliphatic rings. The second-order valence-corrected chi connectivity index (χ2v) is 6.35. The maximum Gasteiger partial charge on any atom is 0.387 e. The third-order valence-corrected chi connectivity index (χ3v) is 4.31. The van der Waals surface area contributed by atoms with Gasteiger partial charge in [-0.2, -0.15) is 8.78 Å². The van der Waals surface area contributed by atoms with Crippen molar-refractivity contribution in [2.45, 2.75) is 13.5 Å². The number of carbonyl (C=O) groups is 1. The molecular formula is C18H11Cl2F3N2O3. The maximum atomic E-state index is 14.2. The summed E-state index contributed by atoms with van der Waals surface area (Å²) >= 11 is 11.9. The van der Waals surface area contributed by atoms with Gasteiger partial charge in [-0.3, -0.25) is 4.79 Å². The van der Waals surface area contributed by atoms with E-state index in [1.54, 1.807) is 0 Å². The Labute approximate surface area is 167 Å². The monoisotopic (exact) mass is 430 g/mol. The van der Waals surface area contributed by atoms with Crippen molar-refractivity contribution in [3.8, 4) is 17.0 Å². The Morgan fingerprint density at radius 2 is 1.96 bits per heavy atom. The number of benzene rings is 2. The van der Waals surface area contributed by atoms with Gasteiger partial charge in [0.2, 0.25) is 0 Å². The molecule has 0 aliphatic heterocycles. The molecule has 0 atom stereocenters. The molecule has 0 radical (unpaired) electrons. The van der Waals surface area contributed by atoms with Crippen molar-refractivity contribution in [1.29, 1.82) is 0 Å². The Balaban J connectivity index is 1.92. The largest absolute Gasteiger partial charge is 0.433 e. The van der Waals surface area contributed by atoms with Crippen LogP contribution in [0.5, 0.6) is 5.75 Å². The molecule has 0 saturated carbocycles. The number of rotatable bonds is 5. The van der Waals surface area contributed by atoms with Gasteiger partial charge in [0, 0.05) is 5.69 Å². The van der Waals surface area contributed by atoms with E-state index in [1.165, 1.54) is 43.3 Å². The van der Waals surface area contributed by atoms with Crippen LogP contribution in [0.4, 0.5) is 18.9 Å². The molecular weight excluding hydrogens is 420 g/mol.